The Bertz CT molecular complexity index is 745. The molecule has 0 aliphatic heterocycles. The summed E-state index contributed by atoms with van der Waals surface area (Å²) >= 11 is 0. The summed E-state index contributed by atoms with van der Waals surface area (Å²) < 4.78 is 30.2. The van der Waals surface area contributed by atoms with Crippen LogP contribution >= 0.6 is 7.82 Å². The van der Waals surface area contributed by atoms with Gasteiger partial charge < -0.3 is 9.63 Å². The topological polar surface area (TPSA) is 65.0 Å². The molecule has 1 N–H and O–H groups in total. The first kappa shape index (κ1) is 20.8. The summed E-state index contributed by atoms with van der Waals surface area (Å²) in [5, 5.41) is 11.6. The van der Waals surface area contributed by atoms with E-state index < -0.39 is 7.82 Å². The Hall–Kier alpha value is -1.55. The Morgan fingerprint density at radius 3 is 2.08 bits per heavy atom. The predicted octanol–water partition coefficient (Wildman–Crippen LogP) is 6.23. The lowest BCUT2D eigenvalue weighted by Gasteiger charge is -2.21. The van der Waals surface area contributed by atoms with Crippen LogP contribution < -0.4 is 4.52 Å². The summed E-state index contributed by atoms with van der Waals surface area (Å²) in [6.45, 7) is 6.66. The third-order valence-corrected chi connectivity index (χ3v) is 5.53. The second-order valence-electron chi connectivity index (χ2n) is 6.20. The van der Waals surface area contributed by atoms with Gasteiger partial charge in [-0.1, -0.05) is 57.9 Å². The van der Waals surface area contributed by atoms with Gasteiger partial charge in [0.2, 0.25) is 0 Å². The Morgan fingerprint density at radius 1 is 0.962 bits per heavy atom. The number of aromatic hydroxyl groups is 1. The zero-order valence-electron chi connectivity index (χ0n) is 15.9. The molecule has 26 heavy (non-hydrogen) atoms. The molecule has 0 radical (unpaired) electrons. The van der Waals surface area contributed by atoms with Gasteiger partial charge in [-0.05, 0) is 30.9 Å². The third-order valence-electron chi connectivity index (χ3n) is 4.13. The van der Waals surface area contributed by atoms with E-state index in [9.17, 15) is 9.67 Å². The van der Waals surface area contributed by atoms with Crippen LogP contribution in [0.2, 0.25) is 0 Å². The second-order valence-corrected chi connectivity index (χ2v) is 7.79. The Morgan fingerprint density at radius 2 is 1.54 bits per heavy atom. The highest BCUT2D eigenvalue weighted by atomic mass is 31.2. The smallest absolute Gasteiger partial charge is 0.507 e. The van der Waals surface area contributed by atoms with Crippen molar-refractivity contribution in [2.24, 2.45) is 0 Å². The molecule has 0 atom stereocenters. The summed E-state index contributed by atoms with van der Waals surface area (Å²) in [7, 11) is -3.74. The summed E-state index contributed by atoms with van der Waals surface area (Å²) in [5.74, 6) is 0.635. The number of phosphoric acid groups is 1. The van der Waals surface area contributed by atoms with E-state index in [-0.39, 0.29) is 5.75 Å². The molecule has 0 saturated carbocycles. The van der Waals surface area contributed by atoms with Gasteiger partial charge in [-0.2, -0.15) is 0 Å². The number of hydrogen-bond donors (Lipinski definition) is 1. The number of phenols is 1. The minimum absolute atomic E-state index is 0.179. The van der Waals surface area contributed by atoms with Crippen molar-refractivity contribution in [3.63, 3.8) is 0 Å². The first-order chi connectivity index (χ1) is 12.5. The van der Waals surface area contributed by atoms with Crippen LogP contribution in [0.5, 0.6) is 11.5 Å². The lowest BCUT2D eigenvalue weighted by molar-refractivity contribution is 0.152. The number of unbranched alkanes of at least 4 members (excludes halogenated alkanes) is 2. The van der Waals surface area contributed by atoms with E-state index >= 15 is 0 Å². The van der Waals surface area contributed by atoms with Crippen LogP contribution in [0.4, 0.5) is 0 Å². The Balaban J connectivity index is 2.39. The lowest BCUT2D eigenvalue weighted by Crippen LogP contribution is -2.06. The van der Waals surface area contributed by atoms with E-state index in [0.717, 1.165) is 31.2 Å². The van der Waals surface area contributed by atoms with Crippen molar-refractivity contribution in [3.05, 3.63) is 35.9 Å². The van der Waals surface area contributed by atoms with Gasteiger partial charge in [0.1, 0.15) is 11.5 Å². The molecule has 0 saturated heterocycles. The SMILES string of the molecule is CCCCOP(=O)(OCCCC)Oc1c(CC)cc(O)c2ccccc12. The van der Waals surface area contributed by atoms with Crippen molar-refractivity contribution in [2.45, 2.75) is 52.9 Å². The molecular formula is C20H29O5P. The van der Waals surface area contributed by atoms with Crippen molar-refractivity contribution in [3.8, 4) is 11.5 Å². The number of benzene rings is 2. The van der Waals surface area contributed by atoms with Gasteiger partial charge in [-0.25, -0.2) is 4.57 Å². The maximum Gasteiger partial charge on any atom is 0.530 e. The van der Waals surface area contributed by atoms with Gasteiger partial charge in [0.05, 0.1) is 13.2 Å². The summed E-state index contributed by atoms with van der Waals surface area (Å²) in [5.41, 5.74) is 0.764. The lowest BCUT2D eigenvalue weighted by atomic mass is 10.0. The Kier molecular flexibility index (Phi) is 7.95. The van der Waals surface area contributed by atoms with Gasteiger partial charge >= 0.3 is 7.82 Å². The molecule has 0 aromatic heterocycles. The standard InChI is InChI=1S/C20H29O5P/c1-4-7-13-23-26(22,24-14-8-5-2)25-20-16(6-3)15-19(21)17-11-9-10-12-18(17)20/h9-12,15,21H,4-8,13-14H2,1-3H3. The van der Waals surface area contributed by atoms with Crippen LogP contribution in [0.1, 0.15) is 52.0 Å². The molecule has 2 rings (SSSR count). The second kappa shape index (κ2) is 9.96. The zero-order chi connectivity index (χ0) is 19.0. The van der Waals surface area contributed by atoms with Crippen molar-refractivity contribution in [1.29, 1.82) is 0 Å². The quantitative estimate of drug-likeness (QED) is 0.370. The first-order valence-corrected chi connectivity index (χ1v) is 10.8. The molecule has 0 heterocycles. The maximum atomic E-state index is 13.2. The van der Waals surface area contributed by atoms with Crippen LogP contribution in [-0.2, 0) is 20.0 Å². The molecule has 6 heteroatoms. The van der Waals surface area contributed by atoms with E-state index in [1.54, 1.807) is 12.1 Å². The molecule has 5 nitrogen and oxygen atoms in total. The maximum absolute atomic E-state index is 13.2. The fraction of sp³-hybridized carbons (Fsp3) is 0.500. The average molecular weight is 380 g/mol. The molecular weight excluding hydrogens is 351 g/mol. The van der Waals surface area contributed by atoms with Gasteiger partial charge in [0, 0.05) is 10.8 Å². The molecule has 0 spiro atoms. The Labute approximate surface area is 155 Å². The number of fused-ring (bicyclic) bond motifs is 1. The number of phosphoric ester groups is 1. The van der Waals surface area contributed by atoms with E-state index in [1.165, 1.54) is 0 Å². The van der Waals surface area contributed by atoms with Crippen molar-refractivity contribution < 1.29 is 23.2 Å². The molecule has 0 unspecified atom stereocenters. The van der Waals surface area contributed by atoms with Gasteiger partial charge in [-0.15, -0.1) is 0 Å². The number of hydrogen-bond acceptors (Lipinski definition) is 5. The number of aryl methyl sites for hydroxylation is 1. The normalized spacial score (nSPS) is 11.8. The average Bonchev–Trinajstić information content (AvgIpc) is 2.64. The molecule has 144 valence electrons. The molecule has 0 aliphatic carbocycles. The van der Waals surface area contributed by atoms with Crippen LogP contribution in [0.3, 0.4) is 0 Å². The fourth-order valence-corrected chi connectivity index (χ4v) is 3.92. The third kappa shape index (κ3) is 5.23. The predicted molar refractivity (Wildman–Crippen MR) is 105 cm³/mol. The van der Waals surface area contributed by atoms with Crippen molar-refractivity contribution in [2.75, 3.05) is 13.2 Å². The van der Waals surface area contributed by atoms with E-state index in [1.807, 2.05) is 39.0 Å². The number of phenolic OH excluding ortho intramolecular Hbond substituents is 1. The number of rotatable bonds is 11. The van der Waals surface area contributed by atoms with Crippen LogP contribution in [-0.4, -0.2) is 18.3 Å². The van der Waals surface area contributed by atoms with Crippen LogP contribution in [0, 0.1) is 0 Å². The van der Waals surface area contributed by atoms with Gasteiger partial charge in [0.25, 0.3) is 0 Å². The largest absolute Gasteiger partial charge is 0.530 e. The summed E-state index contributed by atoms with van der Waals surface area (Å²) in [4.78, 5) is 0. The highest BCUT2D eigenvalue weighted by Gasteiger charge is 2.30. The van der Waals surface area contributed by atoms with E-state index in [4.69, 9.17) is 13.6 Å². The molecule has 0 bridgehead atoms. The van der Waals surface area contributed by atoms with Gasteiger partial charge in [-0.3, -0.25) is 9.05 Å². The molecule has 2 aromatic rings. The molecule has 0 aliphatic rings. The first-order valence-electron chi connectivity index (χ1n) is 9.36. The highest BCUT2D eigenvalue weighted by molar-refractivity contribution is 7.49. The van der Waals surface area contributed by atoms with E-state index in [0.29, 0.717) is 36.2 Å². The molecule has 0 fully saturated rings. The van der Waals surface area contributed by atoms with Crippen LogP contribution in [0.25, 0.3) is 10.8 Å². The van der Waals surface area contributed by atoms with E-state index in [2.05, 4.69) is 0 Å². The van der Waals surface area contributed by atoms with Crippen molar-refractivity contribution >= 4 is 18.6 Å². The van der Waals surface area contributed by atoms with Crippen LogP contribution in [0.15, 0.2) is 30.3 Å². The molecule has 0 amide bonds. The van der Waals surface area contributed by atoms with Crippen molar-refractivity contribution in [1.82, 2.24) is 0 Å². The van der Waals surface area contributed by atoms with Gasteiger partial charge in [0.15, 0.2) is 0 Å². The highest BCUT2D eigenvalue weighted by Crippen LogP contribution is 2.52. The minimum Gasteiger partial charge on any atom is -0.507 e. The fourth-order valence-electron chi connectivity index (χ4n) is 2.60. The molecule has 2 aromatic carbocycles. The minimum atomic E-state index is -3.74. The summed E-state index contributed by atoms with van der Waals surface area (Å²) in [6, 6.07) is 8.99. The monoisotopic (exact) mass is 380 g/mol. The summed E-state index contributed by atoms with van der Waals surface area (Å²) in [6.07, 6.45) is 4.04. The zero-order valence-corrected chi connectivity index (χ0v) is 16.8.